The fraction of sp³-hybridized carbons (Fsp3) is 0.160. The molecular weight excluding hydrogens is 406 g/mol. The number of carbonyl (C=O) groups excluding carboxylic acids is 3. The third-order valence-electron chi connectivity index (χ3n) is 5.34. The maximum absolute atomic E-state index is 13.3. The Balaban J connectivity index is 1.61. The molecule has 32 heavy (non-hydrogen) atoms. The van der Waals surface area contributed by atoms with E-state index < -0.39 is 5.92 Å². The number of rotatable bonds is 5. The summed E-state index contributed by atoms with van der Waals surface area (Å²) < 4.78 is 5.33. The predicted octanol–water partition coefficient (Wildman–Crippen LogP) is 4.32. The van der Waals surface area contributed by atoms with Crippen molar-refractivity contribution < 1.29 is 19.1 Å². The summed E-state index contributed by atoms with van der Waals surface area (Å²) in [6.45, 7) is 1.90. The first-order valence-electron chi connectivity index (χ1n) is 10.2. The quantitative estimate of drug-likeness (QED) is 0.563. The molecule has 1 unspecified atom stereocenters. The summed E-state index contributed by atoms with van der Waals surface area (Å²) in [6.07, 6.45) is 0.0174. The summed E-state index contributed by atoms with van der Waals surface area (Å²) in [7, 11) is 1.51. The van der Waals surface area contributed by atoms with E-state index in [9.17, 15) is 14.4 Å². The average Bonchev–Trinajstić information content (AvgIpc) is 2.80. The van der Waals surface area contributed by atoms with E-state index in [4.69, 9.17) is 4.74 Å². The number of hydrogen-bond donors (Lipinski definition) is 3. The largest absolute Gasteiger partial charge is 0.495 e. The number of carbonyl (C=O) groups is 3. The van der Waals surface area contributed by atoms with Crippen LogP contribution in [0.15, 0.2) is 66.7 Å². The average molecular weight is 429 g/mol. The van der Waals surface area contributed by atoms with E-state index in [-0.39, 0.29) is 24.1 Å². The second-order valence-electron chi connectivity index (χ2n) is 7.59. The van der Waals surface area contributed by atoms with Gasteiger partial charge >= 0.3 is 0 Å². The van der Waals surface area contributed by atoms with E-state index in [1.165, 1.54) is 7.11 Å². The zero-order chi connectivity index (χ0) is 22.7. The molecule has 0 saturated heterocycles. The van der Waals surface area contributed by atoms with E-state index >= 15 is 0 Å². The van der Waals surface area contributed by atoms with Crippen molar-refractivity contribution in [3.8, 4) is 5.75 Å². The summed E-state index contributed by atoms with van der Waals surface area (Å²) in [5, 5.41) is 8.55. The minimum Gasteiger partial charge on any atom is -0.495 e. The van der Waals surface area contributed by atoms with Crippen molar-refractivity contribution in [2.24, 2.45) is 0 Å². The van der Waals surface area contributed by atoms with Crippen molar-refractivity contribution >= 4 is 34.8 Å². The molecule has 4 rings (SSSR count). The highest BCUT2D eigenvalue weighted by molar-refractivity contribution is 6.09. The third-order valence-corrected chi connectivity index (χ3v) is 5.34. The van der Waals surface area contributed by atoms with Gasteiger partial charge in [-0.2, -0.15) is 0 Å². The lowest BCUT2D eigenvalue weighted by atomic mass is 9.89. The van der Waals surface area contributed by atoms with Crippen LogP contribution in [0.4, 0.5) is 17.1 Å². The molecular formula is C25H23N3O4. The Morgan fingerprint density at radius 2 is 1.75 bits per heavy atom. The Morgan fingerprint density at radius 1 is 0.969 bits per heavy atom. The minimum absolute atomic E-state index is 0.0174. The van der Waals surface area contributed by atoms with Crippen molar-refractivity contribution in [2.45, 2.75) is 19.3 Å². The molecule has 0 radical (unpaired) electrons. The fourth-order valence-electron chi connectivity index (χ4n) is 3.74. The van der Waals surface area contributed by atoms with Gasteiger partial charge in [-0.1, -0.05) is 36.4 Å². The fourth-order valence-corrected chi connectivity index (χ4v) is 3.74. The van der Waals surface area contributed by atoms with Gasteiger partial charge in [0.15, 0.2) is 0 Å². The summed E-state index contributed by atoms with van der Waals surface area (Å²) in [6, 6.07) is 19.5. The summed E-state index contributed by atoms with van der Waals surface area (Å²) >= 11 is 0. The van der Waals surface area contributed by atoms with Crippen LogP contribution < -0.4 is 20.7 Å². The number of amides is 3. The van der Waals surface area contributed by atoms with Crippen LogP contribution in [-0.4, -0.2) is 24.8 Å². The topological polar surface area (TPSA) is 96.5 Å². The highest BCUT2D eigenvalue weighted by Gasteiger charge is 2.32. The molecule has 0 aromatic heterocycles. The summed E-state index contributed by atoms with van der Waals surface area (Å²) in [5.41, 5.74) is 3.56. The highest BCUT2D eigenvalue weighted by Crippen LogP contribution is 2.39. The minimum atomic E-state index is -0.688. The van der Waals surface area contributed by atoms with Gasteiger partial charge in [-0.25, -0.2) is 0 Å². The van der Waals surface area contributed by atoms with E-state index in [1.807, 2.05) is 19.1 Å². The van der Waals surface area contributed by atoms with Gasteiger partial charge in [0.25, 0.3) is 5.91 Å². The van der Waals surface area contributed by atoms with Gasteiger partial charge in [0.1, 0.15) is 5.75 Å². The number of anilines is 3. The van der Waals surface area contributed by atoms with E-state index in [2.05, 4.69) is 16.0 Å². The molecule has 0 saturated carbocycles. The van der Waals surface area contributed by atoms with E-state index in [0.29, 0.717) is 33.9 Å². The number of fused-ring (bicyclic) bond motifs is 1. The molecule has 7 nitrogen and oxygen atoms in total. The van der Waals surface area contributed by atoms with Crippen LogP contribution >= 0.6 is 0 Å². The lowest BCUT2D eigenvalue weighted by Crippen LogP contribution is -2.31. The van der Waals surface area contributed by atoms with Gasteiger partial charge in [-0.15, -0.1) is 0 Å². The molecule has 1 aliphatic heterocycles. The maximum atomic E-state index is 13.3. The Hall–Kier alpha value is -4.13. The van der Waals surface area contributed by atoms with Crippen molar-refractivity contribution in [2.75, 3.05) is 23.1 Å². The molecule has 3 aromatic carbocycles. The molecule has 7 heteroatoms. The molecule has 0 spiro atoms. The molecule has 3 amide bonds. The van der Waals surface area contributed by atoms with Gasteiger partial charge in [-0.05, 0) is 48.4 Å². The van der Waals surface area contributed by atoms with Crippen LogP contribution in [0.1, 0.15) is 33.8 Å². The van der Waals surface area contributed by atoms with Crippen LogP contribution in [0.2, 0.25) is 0 Å². The van der Waals surface area contributed by atoms with Crippen molar-refractivity contribution in [1.82, 2.24) is 0 Å². The number of ether oxygens (including phenoxy) is 1. The predicted molar refractivity (Wildman–Crippen MR) is 123 cm³/mol. The molecule has 1 heterocycles. The van der Waals surface area contributed by atoms with E-state index in [0.717, 1.165) is 5.56 Å². The smallest absolute Gasteiger partial charge is 0.255 e. The van der Waals surface area contributed by atoms with Crippen LogP contribution in [0, 0.1) is 6.92 Å². The zero-order valence-electron chi connectivity index (χ0n) is 17.8. The molecule has 162 valence electrons. The molecule has 0 fully saturated rings. The van der Waals surface area contributed by atoms with E-state index in [1.54, 1.807) is 54.6 Å². The zero-order valence-corrected chi connectivity index (χ0v) is 17.8. The Bertz CT molecular complexity index is 1190. The van der Waals surface area contributed by atoms with Gasteiger partial charge < -0.3 is 20.7 Å². The summed E-state index contributed by atoms with van der Waals surface area (Å²) in [4.78, 5) is 38.2. The van der Waals surface area contributed by atoms with Gasteiger partial charge in [-0.3, -0.25) is 14.4 Å². The second-order valence-corrected chi connectivity index (χ2v) is 7.59. The number of aryl methyl sites for hydroxylation is 1. The lowest BCUT2D eigenvalue weighted by Gasteiger charge is -2.26. The normalized spacial score (nSPS) is 14.7. The van der Waals surface area contributed by atoms with Gasteiger partial charge in [0, 0.05) is 12.0 Å². The maximum Gasteiger partial charge on any atom is 0.255 e. The first kappa shape index (κ1) is 21.1. The standard InChI is InChI=1S/C25H23N3O4/c1-15-11-12-19(26-24(30)16-7-4-3-5-8-16)20(13-15)27-25(31)18-14-22(29)28-23-17(18)9-6-10-21(23)32-2/h3-13,18H,14H2,1-2H3,(H,26,30)(H,27,31)(H,28,29). The first-order chi connectivity index (χ1) is 15.5. The lowest BCUT2D eigenvalue weighted by molar-refractivity contribution is -0.123. The Morgan fingerprint density at radius 3 is 2.50 bits per heavy atom. The summed E-state index contributed by atoms with van der Waals surface area (Å²) in [5.74, 6) is -1.07. The van der Waals surface area contributed by atoms with Crippen LogP contribution in [0.25, 0.3) is 0 Å². The van der Waals surface area contributed by atoms with Gasteiger partial charge in [0.05, 0.1) is 30.1 Å². The number of benzene rings is 3. The van der Waals surface area contributed by atoms with Crippen LogP contribution in [-0.2, 0) is 9.59 Å². The van der Waals surface area contributed by atoms with Crippen molar-refractivity contribution in [3.05, 3.63) is 83.4 Å². The molecule has 1 aliphatic rings. The molecule has 0 bridgehead atoms. The molecule has 3 N–H and O–H groups in total. The molecule has 0 aliphatic carbocycles. The number of hydrogen-bond acceptors (Lipinski definition) is 4. The monoisotopic (exact) mass is 429 g/mol. The third kappa shape index (κ3) is 4.32. The van der Waals surface area contributed by atoms with Crippen molar-refractivity contribution in [3.63, 3.8) is 0 Å². The SMILES string of the molecule is COc1cccc2c1NC(=O)CC2C(=O)Nc1cc(C)ccc1NC(=O)c1ccccc1. The van der Waals surface area contributed by atoms with Gasteiger partial charge in [0.2, 0.25) is 11.8 Å². The second kappa shape index (κ2) is 8.93. The Labute approximate surface area is 185 Å². The number of nitrogens with one attached hydrogen (secondary N) is 3. The first-order valence-corrected chi connectivity index (χ1v) is 10.2. The van der Waals surface area contributed by atoms with Crippen LogP contribution in [0.5, 0.6) is 5.75 Å². The Kier molecular flexibility index (Phi) is 5.89. The molecule has 1 atom stereocenters. The number of para-hydroxylation sites is 1. The van der Waals surface area contributed by atoms with Crippen molar-refractivity contribution in [1.29, 1.82) is 0 Å². The van der Waals surface area contributed by atoms with Crippen LogP contribution in [0.3, 0.4) is 0 Å². The highest BCUT2D eigenvalue weighted by atomic mass is 16.5. The molecule has 3 aromatic rings. The number of methoxy groups -OCH3 is 1.